The molecule has 0 unspecified atom stereocenters. The molecule has 0 atom stereocenters. The molecule has 0 radical (unpaired) electrons. The summed E-state index contributed by atoms with van der Waals surface area (Å²) in [6, 6.07) is 5.88. The van der Waals surface area contributed by atoms with Gasteiger partial charge in [0, 0.05) is 31.2 Å². The maximum atomic E-state index is 9.39. The average Bonchev–Trinajstić information content (AvgIpc) is 2.94. The highest BCUT2D eigenvalue weighted by Gasteiger charge is 2.12. The van der Waals surface area contributed by atoms with E-state index in [4.69, 9.17) is 0 Å². The van der Waals surface area contributed by atoms with E-state index in [-0.39, 0.29) is 6.61 Å². The Kier molecular flexibility index (Phi) is 4.81. The second-order valence-electron chi connectivity index (χ2n) is 5.58. The smallest absolute Gasteiger partial charge is 0.174 e. The van der Waals surface area contributed by atoms with Crippen LogP contribution in [0.3, 0.4) is 0 Å². The molecule has 3 aromatic rings. The van der Waals surface area contributed by atoms with E-state index >= 15 is 0 Å². The topological polar surface area (TPSA) is 80.0 Å². The van der Waals surface area contributed by atoms with E-state index in [0.717, 1.165) is 17.0 Å². The number of aliphatic hydroxyl groups excluding tert-OH is 1. The predicted octanol–water partition coefficient (Wildman–Crippen LogP) is 1.67. The van der Waals surface area contributed by atoms with Gasteiger partial charge in [-0.25, -0.2) is 9.67 Å². The lowest BCUT2D eigenvalue weighted by Crippen LogP contribution is -2.27. The lowest BCUT2D eigenvalue weighted by Gasteiger charge is -2.22. The average molecular weight is 324 g/mol. The highest BCUT2D eigenvalue weighted by molar-refractivity contribution is 5.40. The van der Waals surface area contributed by atoms with Crippen LogP contribution >= 0.6 is 0 Å². The molecule has 7 nitrogen and oxygen atoms in total. The third kappa shape index (κ3) is 3.57. The molecule has 0 saturated heterocycles. The number of rotatable bonds is 6. The van der Waals surface area contributed by atoms with Crippen LogP contribution in [-0.4, -0.2) is 43.0 Å². The second kappa shape index (κ2) is 7.18. The number of aryl methyl sites for hydroxylation is 2. The summed E-state index contributed by atoms with van der Waals surface area (Å²) in [5.74, 6) is 1.35. The Morgan fingerprint density at radius 3 is 2.71 bits per heavy atom. The third-order valence-electron chi connectivity index (χ3n) is 3.63. The summed E-state index contributed by atoms with van der Waals surface area (Å²) < 4.78 is 1.77. The maximum absolute atomic E-state index is 9.39. The molecule has 0 bridgehead atoms. The molecule has 0 amide bonds. The summed E-state index contributed by atoms with van der Waals surface area (Å²) in [6.07, 6.45) is 6.93. The normalized spacial score (nSPS) is 10.8. The van der Waals surface area contributed by atoms with Crippen LogP contribution in [0.2, 0.25) is 0 Å². The lowest BCUT2D eigenvalue weighted by atomic mass is 10.2. The standard InChI is InChI=1S/C17H20N6O/c1-13-8-14(2)23(21-13)17-11-19-10-16(20-17)22(6-7-24)12-15-4-3-5-18-9-15/h3-5,8-11,24H,6-7,12H2,1-2H3. The minimum Gasteiger partial charge on any atom is -0.395 e. The Morgan fingerprint density at radius 2 is 2.04 bits per heavy atom. The molecule has 24 heavy (non-hydrogen) atoms. The van der Waals surface area contributed by atoms with Crippen molar-refractivity contribution >= 4 is 5.82 Å². The van der Waals surface area contributed by atoms with Crippen LogP contribution < -0.4 is 4.90 Å². The summed E-state index contributed by atoms with van der Waals surface area (Å²) in [5.41, 5.74) is 2.98. The summed E-state index contributed by atoms with van der Waals surface area (Å²) >= 11 is 0. The fourth-order valence-electron chi connectivity index (χ4n) is 2.57. The molecule has 124 valence electrons. The predicted molar refractivity (Wildman–Crippen MR) is 91.0 cm³/mol. The molecule has 7 heteroatoms. The maximum Gasteiger partial charge on any atom is 0.174 e. The fraction of sp³-hybridized carbons (Fsp3) is 0.294. The molecule has 0 aliphatic heterocycles. The van der Waals surface area contributed by atoms with Crippen molar-refractivity contribution in [2.45, 2.75) is 20.4 Å². The van der Waals surface area contributed by atoms with Gasteiger partial charge in [-0.1, -0.05) is 6.07 Å². The van der Waals surface area contributed by atoms with Crippen LogP contribution in [0.25, 0.3) is 5.82 Å². The number of anilines is 1. The molecule has 3 aromatic heterocycles. The van der Waals surface area contributed by atoms with Gasteiger partial charge in [0.05, 0.1) is 24.7 Å². The van der Waals surface area contributed by atoms with Crippen molar-refractivity contribution < 1.29 is 5.11 Å². The van der Waals surface area contributed by atoms with Crippen LogP contribution in [-0.2, 0) is 6.54 Å². The molecule has 0 fully saturated rings. The molecule has 0 aliphatic rings. The molecule has 3 heterocycles. The van der Waals surface area contributed by atoms with E-state index in [2.05, 4.69) is 20.1 Å². The van der Waals surface area contributed by atoms with E-state index in [9.17, 15) is 5.11 Å². The Labute approximate surface area is 140 Å². The molecular weight excluding hydrogens is 304 g/mol. The van der Waals surface area contributed by atoms with E-state index in [1.54, 1.807) is 23.3 Å². The number of pyridine rings is 1. The summed E-state index contributed by atoms with van der Waals surface area (Å²) in [6.45, 7) is 5.02. The summed E-state index contributed by atoms with van der Waals surface area (Å²) in [4.78, 5) is 15.1. The Morgan fingerprint density at radius 1 is 1.17 bits per heavy atom. The van der Waals surface area contributed by atoms with Gasteiger partial charge in [0.15, 0.2) is 5.82 Å². The Balaban J connectivity index is 1.91. The van der Waals surface area contributed by atoms with Gasteiger partial charge in [-0.05, 0) is 31.5 Å². The van der Waals surface area contributed by atoms with Gasteiger partial charge in [0.2, 0.25) is 0 Å². The molecule has 1 N–H and O–H groups in total. The largest absolute Gasteiger partial charge is 0.395 e. The second-order valence-corrected chi connectivity index (χ2v) is 5.58. The van der Waals surface area contributed by atoms with Crippen molar-refractivity contribution in [2.75, 3.05) is 18.1 Å². The van der Waals surface area contributed by atoms with E-state index in [0.29, 0.717) is 24.7 Å². The van der Waals surface area contributed by atoms with Gasteiger partial charge in [-0.3, -0.25) is 9.97 Å². The first kappa shape index (κ1) is 16.1. The van der Waals surface area contributed by atoms with Crippen LogP contribution in [0.15, 0.2) is 43.0 Å². The molecule has 0 spiro atoms. The highest BCUT2D eigenvalue weighted by Crippen LogP contribution is 2.16. The van der Waals surface area contributed by atoms with Crippen LogP contribution in [0, 0.1) is 13.8 Å². The van der Waals surface area contributed by atoms with Crippen molar-refractivity contribution in [1.29, 1.82) is 0 Å². The van der Waals surface area contributed by atoms with Gasteiger partial charge in [0.1, 0.15) is 5.82 Å². The highest BCUT2D eigenvalue weighted by atomic mass is 16.3. The number of aliphatic hydroxyl groups is 1. The van der Waals surface area contributed by atoms with Crippen molar-refractivity contribution in [3.05, 3.63) is 59.9 Å². The number of aromatic nitrogens is 5. The molecular formula is C17H20N6O. The van der Waals surface area contributed by atoms with Crippen LogP contribution in [0.4, 0.5) is 5.82 Å². The monoisotopic (exact) mass is 324 g/mol. The third-order valence-corrected chi connectivity index (χ3v) is 3.63. The summed E-state index contributed by atoms with van der Waals surface area (Å²) in [5, 5.41) is 13.8. The molecule has 0 aliphatic carbocycles. The van der Waals surface area contributed by atoms with Crippen LogP contribution in [0.5, 0.6) is 0 Å². The molecule has 0 aromatic carbocycles. The van der Waals surface area contributed by atoms with Gasteiger partial charge < -0.3 is 10.0 Å². The summed E-state index contributed by atoms with van der Waals surface area (Å²) in [7, 11) is 0. The molecule has 0 saturated carbocycles. The van der Waals surface area contributed by atoms with Gasteiger partial charge in [-0.15, -0.1) is 0 Å². The molecule has 3 rings (SSSR count). The van der Waals surface area contributed by atoms with E-state index in [1.807, 2.05) is 43.1 Å². The number of hydrogen-bond donors (Lipinski definition) is 1. The van der Waals surface area contributed by atoms with Gasteiger partial charge >= 0.3 is 0 Å². The van der Waals surface area contributed by atoms with E-state index < -0.39 is 0 Å². The number of nitrogens with zero attached hydrogens (tertiary/aromatic N) is 6. The number of hydrogen-bond acceptors (Lipinski definition) is 6. The van der Waals surface area contributed by atoms with E-state index in [1.165, 1.54) is 0 Å². The Bertz CT molecular complexity index is 802. The van der Waals surface area contributed by atoms with Crippen molar-refractivity contribution in [2.24, 2.45) is 0 Å². The Hall–Kier alpha value is -2.80. The van der Waals surface area contributed by atoms with Crippen molar-refractivity contribution in [1.82, 2.24) is 24.7 Å². The van der Waals surface area contributed by atoms with Gasteiger partial charge in [0.25, 0.3) is 0 Å². The SMILES string of the molecule is Cc1cc(C)n(-c2cncc(N(CCO)Cc3cccnc3)n2)n1. The fourth-order valence-corrected chi connectivity index (χ4v) is 2.57. The zero-order valence-electron chi connectivity index (χ0n) is 13.8. The zero-order valence-corrected chi connectivity index (χ0v) is 13.8. The zero-order chi connectivity index (χ0) is 16.9. The first-order chi connectivity index (χ1) is 11.7. The minimum atomic E-state index is 0.0338. The van der Waals surface area contributed by atoms with Crippen molar-refractivity contribution in [3.8, 4) is 5.82 Å². The quantitative estimate of drug-likeness (QED) is 0.743. The minimum absolute atomic E-state index is 0.0338. The first-order valence-electron chi connectivity index (χ1n) is 7.78. The van der Waals surface area contributed by atoms with Gasteiger partial charge in [-0.2, -0.15) is 5.10 Å². The van der Waals surface area contributed by atoms with Crippen LogP contribution in [0.1, 0.15) is 17.0 Å². The van der Waals surface area contributed by atoms with Crippen molar-refractivity contribution in [3.63, 3.8) is 0 Å². The first-order valence-corrected chi connectivity index (χ1v) is 7.78. The lowest BCUT2D eigenvalue weighted by molar-refractivity contribution is 0.301.